The molecule has 0 aliphatic carbocycles. The van der Waals surface area contributed by atoms with E-state index in [1.807, 2.05) is 18.2 Å². The molecule has 2 aromatic carbocycles. The zero-order chi connectivity index (χ0) is 29.4. The standard InChI is InChI=1S/C27H32N8O5S/c1-29-26(38)32(4)34-15-22(36)35-19(12-16-8-10-18(11-9-16)40-27(39)31(2)3)24(37)33(14-21(34)35)13-17-6-5-7-20-23(17)30-25(28)41-20/h5-11,19,21H,12-15H2,1-4H3,(H2,28,30)(H,29,38)/t19-,21+/m0/s1. The fourth-order valence-corrected chi connectivity index (χ4v) is 5.98. The number of hydrazine groups is 1. The molecular weight excluding hydrogens is 548 g/mol. The average molecular weight is 581 g/mol. The predicted octanol–water partition coefficient (Wildman–Crippen LogP) is 1.55. The summed E-state index contributed by atoms with van der Waals surface area (Å²) < 4.78 is 6.23. The highest BCUT2D eigenvalue weighted by molar-refractivity contribution is 7.22. The first-order valence-corrected chi connectivity index (χ1v) is 13.8. The van der Waals surface area contributed by atoms with Crippen LogP contribution in [0.15, 0.2) is 42.5 Å². The molecular formula is C27H32N8O5S. The molecule has 5 rings (SSSR count). The molecule has 13 nitrogen and oxygen atoms in total. The number of nitrogens with two attached hydrogens (primary N) is 1. The van der Waals surface area contributed by atoms with Crippen LogP contribution in [-0.2, 0) is 22.6 Å². The number of urea groups is 1. The van der Waals surface area contributed by atoms with E-state index >= 15 is 0 Å². The van der Waals surface area contributed by atoms with Crippen LogP contribution in [0.25, 0.3) is 10.2 Å². The number of amides is 5. The van der Waals surface area contributed by atoms with Crippen molar-refractivity contribution in [2.75, 3.05) is 47.0 Å². The van der Waals surface area contributed by atoms with Gasteiger partial charge in [0.1, 0.15) is 18.0 Å². The second-order valence-electron chi connectivity index (χ2n) is 10.1. The minimum Gasteiger partial charge on any atom is -0.410 e. The Kier molecular flexibility index (Phi) is 7.69. The Bertz CT molecular complexity index is 1490. The summed E-state index contributed by atoms with van der Waals surface area (Å²) >= 11 is 1.38. The SMILES string of the molecule is CNC(=O)N(C)N1CC(=O)N2[C@@H](Cc3ccc(OC(=O)N(C)C)cc3)C(=O)N(Cc3cccc4sc(N)nc34)C[C@@H]21. The first kappa shape index (κ1) is 28.1. The van der Waals surface area contributed by atoms with E-state index in [1.54, 1.807) is 60.2 Å². The van der Waals surface area contributed by atoms with Gasteiger partial charge in [0.25, 0.3) is 0 Å². The molecule has 5 amide bonds. The summed E-state index contributed by atoms with van der Waals surface area (Å²) in [6.45, 7) is 0.438. The topological polar surface area (TPSA) is 145 Å². The molecule has 216 valence electrons. The van der Waals surface area contributed by atoms with E-state index in [9.17, 15) is 19.2 Å². The van der Waals surface area contributed by atoms with E-state index < -0.39 is 18.3 Å². The fraction of sp³-hybridized carbons (Fsp3) is 0.370. The number of nitrogens with zero attached hydrogens (tertiary/aromatic N) is 6. The summed E-state index contributed by atoms with van der Waals surface area (Å²) in [6, 6.07) is 11.4. The lowest BCUT2D eigenvalue weighted by Crippen LogP contribution is -2.65. The van der Waals surface area contributed by atoms with Gasteiger partial charge in [-0.05, 0) is 29.3 Å². The van der Waals surface area contributed by atoms with Gasteiger partial charge in [0.05, 0.1) is 23.3 Å². The molecule has 2 aliphatic heterocycles. The third kappa shape index (κ3) is 5.47. The minimum atomic E-state index is -0.806. The Morgan fingerprint density at radius 1 is 1.15 bits per heavy atom. The van der Waals surface area contributed by atoms with E-state index in [2.05, 4.69) is 10.3 Å². The number of para-hydroxylation sites is 1. The van der Waals surface area contributed by atoms with Gasteiger partial charge in [0.15, 0.2) is 5.13 Å². The van der Waals surface area contributed by atoms with Gasteiger partial charge in [-0.15, -0.1) is 0 Å². The summed E-state index contributed by atoms with van der Waals surface area (Å²) in [4.78, 5) is 60.8. The number of nitrogen functional groups attached to an aromatic ring is 1. The lowest BCUT2D eigenvalue weighted by molar-refractivity contribution is -0.157. The first-order valence-electron chi connectivity index (χ1n) is 13.0. The summed E-state index contributed by atoms with van der Waals surface area (Å²) in [7, 11) is 6.30. The molecule has 2 fully saturated rings. The molecule has 3 N–H and O–H groups in total. The van der Waals surface area contributed by atoms with E-state index in [-0.39, 0.29) is 43.9 Å². The lowest BCUT2D eigenvalue weighted by atomic mass is 9.99. The Hall–Kier alpha value is -4.43. The maximum atomic E-state index is 14.0. The maximum absolute atomic E-state index is 14.0. The van der Waals surface area contributed by atoms with E-state index in [1.165, 1.54) is 28.3 Å². The monoisotopic (exact) mass is 580 g/mol. The molecule has 1 aromatic heterocycles. The van der Waals surface area contributed by atoms with Gasteiger partial charge >= 0.3 is 12.1 Å². The maximum Gasteiger partial charge on any atom is 0.414 e. The normalized spacial score (nSPS) is 18.9. The van der Waals surface area contributed by atoms with E-state index in [4.69, 9.17) is 10.5 Å². The zero-order valence-electron chi connectivity index (χ0n) is 23.2. The smallest absolute Gasteiger partial charge is 0.410 e. The summed E-state index contributed by atoms with van der Waals surface area (Å²) in [6.07, 6.45) is -0.809. The van der Waals surface area contributed by atoms with Gasteiger partial charge in [0.2, 0.25) is 11.8 Å². The molecule has 14 heteroatoms. The van der Waals surface area contributed by atoms with Crippen LogP contribution in [-0.4, -0.2) is 107 Å². The molecule has 2 atom stereocenters. The highest BCUT2D eigenvalue weighted by Gasteiger charge is 2.51. The van der Waals surface area contributed by atoms with Gasteiger partial charge in [-0.1, -0.05) is 35.6 Å². The van der Waals surface area contributed by atoms with Crippen molar-refractivity contribution in [2.24, 2.45) is 0 Å². The number of piperazine rings is 1. The van der Waals surface area contributed by atoms with Crippen molar-refractivity contribution >= 4 is 50.6 Å². The van der Waals surface area contributed by atoms with Crippen molar-refractivity contribution < 1.29 is 23.9 Å². The van der Waals surface area contributed by atoms with Crippen LogP contribution in [0, 0.1) is 0 Å². The van der Waals surface area contributed by atoms with Crippen LogP contribution >= 0.6 is 11.3 Å². The number of aromatic nitrogens is 1. The second-order valence-corrected chi connectivity index (χ2v) is 11.2. The van der Waals surface area contributed by atoms with Crippen LogP contribution in [0.2, 0.25) is 0 Å². The van der Waals surface area contributed by atoms with E-state index in [0.717, 1.165) is 21.3 Å². The molecule has 0 radical (unpaired) electrons. The van der Waals surface area contributed by atoms with Crippen LogP contribution in [0.4, 0.5) is 14.7 Å². The van der Waals surface area contributed by atoms with Crippen molar-refractivity contribution in [2.45, 2.75) is 25.2 Å². The third-order valence-electron chi connectivity index (χ3n) is 7.26. The summed E-state index contributed by atoms with van der Waals surface area (Å²) in [5, 5.41) is 6.09. The zero-order valence-corrected chi connectivity index (χ0v) is 24.1. The van der Waals surface area contributed by atoms with Crippen molar-refractivity contribution in [1.29, 1.82) is 0 Å². The van der Waals surface area contributed by atoms with Crippen molar-refractivity contribution in [3.8, 4) is 5.75 Å². The number of carbonyl (C=O) groups excluding carboxylic acids is 4. The Labute approximate surface area is 241 Å². The van der Waals surface area contributed by atoms with Crippen LogP contribution in [0.3, 0.4) is 0 Å². The van der Waals surface area contributed by atoms with Gasteiger partial charge in [-0.3, -0.25) is 14.6 Å². The summed E-state index contributed by atoms with van der Waals surface area (Å²) in [5.41, 5.74) is 8.33. The lowest BCUT2D eigenvalue weighted by Gasteiger charge is -2.45. The molecule has 0 saturated carbocycles. The van der Waals surface area contributed by atoms with Crippen LogP contribution < -0.4 is 15.8 Å². The van der Waals surface area contributed by atoms with E-state index in [0.29, 0.717) is 10.9 Å². The number of hydrogen-bond acceptors (Lipinski definition) is 9. The molecule has 2 aliphatic rings. The second kappa shape index (κ2) is 11.2. The van der Waals surface area contributed by atoms with Crippen LogP contribution in [0.1, 0.15) is 11.1 Å². The average Bonchev–Trinajstić information content (AvgIpc) is 3.50. The summed E-state index contributed by atoms with van der Waals surface area (Å²) in [5.74, 6) is -0.0785. The predicted molar refractivity (Wildman–Crippen MR) is 153 cm³/mol. The van der Waals surface area contributed by atoms with Gasteiger partial charge in [-0.25, -0.2) is 14.6 Å². The number of fused-ring (bicyclic) bond motifs is 2. The van der Waals surface area contributed by atoms with Crippen molar-refractivity contribution in [3.05, 3.63) is 53.6 Å². The molecule has 0 bridgehead atoms. The van der Waals surface area contributed by atoms with Crippen molar-refractivity contribution in [3.63, 3.8) is 0 Å². The number of rotatable bonds is 6. The number of hydrogen-bond donors (Lipinski definition) is 2. The van der Waals surface area contributed by atoms with Crippen molar-refractivity contribution in [1.82, 2.24) is 35.0 Å². The van der Waals surface area contributed by atoms with Gasteiger partial charge < -0.3 is 30.5 Å². The molecule has 3 heterocycles. The number of thiazole rings is 1. The molecule has 0 unspecified atom stereocenters. The molecule has 41 heavy (non-hydrogen) atoms. The largest absolute Gasteiger partial charge is 0.414 e. The number of anilines is 1. The van der Waals surface area contributed by atoms with Gasteiger partial charge in [0, 0.05) is 41.2 Å². The number of nitrogens with one attached hydrogen (secondary N) is 1. The quantitative estimate of drug-likeness (QED) is 0.447. The third-order valence-corrected chi connectivity index (χ3v) is 8.11. The van der Waals surface area contributed by atoms with Gasteiger partial charge in [-0.2, -0.15) is 5.01 Å². The number of ether oxygens (including phenoxy) is 1. The highest BCUT2D eigenvalue weighted by atomic mass is 32.1. The molecule has 2 saturated heterocycles. The molecule has 3 aromatic rings. The minimum absolute atomic E-state index is 0.0379. The van der Waals surface area contributed by atoms with Crippen LogP contribution in [0.5, 0.6) is 5.75 Å². The fourth-order valence-electron chi connectivity index (χ4n) is 5.19. The number of benzene rings is 2. The Morgan fingerprint density at radius 3 is 2.56 bits per heavy atom. The Balaban J connectivity index is 1.45. The highest BCUT2D eigenvalue weighted by Crippen LogP contribution is 2.32. The Morgan fingerprint density at radius 2 is 1.88 bits per heavy atom. The number of carbonyl (C=O) groups is 4. The molecule has 0 spiro atoms. The first-order chi connectivity index (χ1) is 19.6.